The highest BCUT2D eigenvalue weighted by Gasteiger charge is 2.16. The van der Waals surface area contributed by atoms with Crippen LogP contribution in [0.3, 0.4) is 0 Å². The van der Waals surface area contributed by atoms with Gasteiger partial charge in [0.25, 0.3) is 5.91 Å². The molecular formula is C26H20ClN3O5S. The molecule has 0 fully saturated rings. The molecule has 4 aromatic rings. The summed E-state index contributed by atoms with van der Waals surface area (Å²) in [6.07, 6.45) is 1.35. The van der Waals surface area contributed by atoms with Gasteiger partial charge in [-0.25, -0.2) is 23.4 Å². The molecule has 182 valence electrons. The van der Waals surface area contributed by atoms with Gasteiger partial charge in [0.2, 0.25) is 10.0 Å². The molecule has 0 aromatic heterocycles. The Morgan fingerprint density at radius 2 is 1.58 bits per heavy atom. The molecule has 2 N–H and O–H groups in total. The third-order valence-electron chi connectivity index (χ3n) is 5.07. The second kappa shape index (κ2) is 11.1. The number of sulfonamides is 1. The summed E-state index contributed by atoms with van der Waals surface area (Å²) >= 11 is 5.78. The summed E-state index contributed by atoms with van der Waals surface area (Å²) in [5.74, 6) is -0.975. The molecule has 10 heteroatoms. The van der Waals surface area contributed by atoms with Crippen LogP contribution in [0.2, 0.25) is 5.02 Å². The normalized spacial score (nSPS) is 11.5. The molecule has 0 atom stereocenters. The van der Waals surface area contributed by atoms with Crippen LogP contribution in [-0.4, -0.2) is 33.1 Å². The Morgan fingerprint density at radius 3 is 2.33 bits per heavy atom. The number of rotatable bonds is 8. The predicted molar refractivity (Wildman–Crippen MR) is 138 cm³/mol. The third-order valence-corrected chi connectivity index (χ3v) is 6.74. The van der Waals surface area contributed by atoms with Crippen molar-refractivity contribution in [1.82, 2.24) is 10.1 Å². The van der Waals surface area contributed by atoms with Crippen LogP contribution < -0.4 is 14.9 Å². The molecule has 4 rings (SSSR count). The predicted octanol–water partition coefficient (Wildman–Crippen LogP) is 4.14. The molecule has 0 saturated heterocycles. The average Bonchev–Trinajstić information content (AvgIpc) is 2.89. The fourth-order valence-corrected chi connectivity index (χ4v) is 4.40. The number of benzene rings is 4. The van der Waals surface area contributed by atoms with Crippen LogP contribution in [-0.2, 0) is 14.8 Å². The van der Waals surface area contributed by atoms with Gasteiger partial charge in [0.1, 0.15) is 5.75 Å². The monoisotopic (exact) mass is 521 g/mol. The van der Waals surface area contributed by atoms with Gasteiger partial charge in [-0.3, -0.25) is 4.79 Å². The van der Waals surface area contributed by atoms with Crippen molar-refractivity contribution in [1.29, 1.82) is 0 Å². The number of esters is 1. The van der Waals surface area contributed by atoms with Crippen LogP contribution in [0.4, 0.5) is 0 Å². The first-order chi connectivity index (χ1) is 17.3. The number of hydrazone groups is 1. The molecule has 0 spiro atoms. The molecule has 36 heavy (non-hydrogen) atoms. The van der Waals surface area contributed by atoms with Gasteiger partial charge < -0.3 is 4.74 Å². The van der Waals surface area contributed by atoms with Gasteiger partial charge in [0.05, 0.1) is 23.2 Å². The van der Waals surface area contributed by atoms with Crippen molar-refractivity contribution in [2.24, 2.45) is 5.10 Å². The maximum absolute atomic E-state index is 12.6. The number of carbonyl (C=O) groups excluding carboxylic acids is 2. The van der Waals surface area contributed by atoms with Crippen molar-refractivity contribution < 1.29 is 22.7 Å². The van der Waals surface area contributed by atoms with Crippen LogP contribution >= 0.6 is 11.6 Å². The number of carbonyl (C=O) groups is 2. The fraction of sp³-hybridized carbons (Fsp3) is 0.0385. The first-order valence-corrected chi connectivity index (χ1v) is 12.6. The van der Waals surface area contributed by atoms with Gasteiger partial charge in [0, 0.05) is 10.6 Å². The Kier molecular flexibility index (Phi) is 7.74. The Labute approximate surface area is 212 Å². The maximum Gasteiger partial charge on any atom is 0.343 e. The quantitative estimate of drug-likeness (QED) is 0.156. The lowest BCUT2D eigenvalue weighted by molar-refractivity contribution is -0.119. The largest absolute Gasteiger partial charge is 0.422 e. The van der Waals surface area contributed by atoms with Crippen molar-refractivity contribution in [2.75, 3.05) is 6.54 Å². The fourth-order valence-electron chi connectivity index (χ4n) is 3.30. The van der Waals surface area contributed by atoms with Crippen molar-refractivity contribution in [3.63, 3.8) is 0 Å². The Hall–Kier alpha value is -4.05. The molecule has 8 nitrogen and oxygen atoms in total. The Morgan fingerprint density at radius 1 is 0.889 bits per heavy atom. The van der Waals surface area contributed by atoms with Crippen molar-refractivity contribution in [3.05, 3.63) is 107 Å². The van der Waals surface area contributed by atoms with Crippen molar-refractivity contribution >= 4 is 50.5 Å². The lowest BCUT2D eigenvalue weighted by Gasteiger charge is -2.10. The third kappa shape index (κ3) is 6.14. The van der Waals surface area contributed by atoms with Gasteiger partial charge in [-0.1, -0.05) is 60.1 Å². The van der Waals surface area contributed by atoms with Gasteiger partial charge in [-0.15, -0.1) is 0 Å². The standard InChI is InChI=1S/C26H20ClN3O5S/c27-20-11-13-21(14-12-20)36(33,34)29-17-25(31)30-28-16-23-22-9-5-4-6-18(22)10-15-24(23)35-26(32)19-7-2-1-3-8-19/h1-16,29H,17H2,(H,30,31). The van der Waals surface area contributed by atoms with Gasteiger partial charge in [-0.05, 0) is 53.2 Å². The molecule has 0 bridgehead atoms. The van der Waals surface area contributed by atoms with Crippen molar-refractivity contribution in [3.8, 4) is 5.75 Å². The van der Waals surface area contributed by atoms with E-state index in [4.69, 9.17) is 16.3 Å². The molecule has 1 amide bonds. The molecule has 0 aliphatic carbocycles. The van der Waals surface area contributed by atoms with Gasteiger partial charge >= 0.3 is 5.97 Å². The van der Waals surface area contributed by atoms with E-state index in [9.17, 15) is 18.0 Å². The molecule has 0 radical (unpaired) electrons. The summed E-state index contributed by atoms with van der Waals surface area (Å²) in [6, 6.07) is 25.0. The number of ether oxygens (including phenoxy) is 1. The minimum Gasteiger partial charge on any atom is -0.422 e. The summed E-state index contributed by atoms with van der Waals surface area (Å²) in [5.41, 5.74) is 3.14. The highest BCUT2D eigenvalue weighted by atomic mass is 35.5. The van der Waals surface area contributed by atoms with E-state index in [0.29, 0.717) is 16.1 Å². The van der Waals surface area contributed by atoms with E-state index in [-0.39, 0.29) is 10.6 Å². The second-order valence-electron chi connectivity index (χ2n) is 7.53. The molecule has 0 heterocycles. The first kappa shape index (κ1) is 25.1. The molecule has 4 aromatic carbocycles. The summed E-state index contributed by atoms with van der Waals surface area (Å²) in [6.45, 7) is -0.534. The number of nitrogens with one attached hydrogen (secondary N) is 2. The van der Waals surface area contributed by atoms with Crippen LogP contribution in [0, 0.1) is 0 Å². The summed E-state index contributed by atoms with van der Waals surface area (Å²) in [7, 11) is -3.90. The number of fused-ring (bicyclic) bond motifs is 1. The van der Waals surface area contributed by atoms with Crippen LogP contribution in [0.5, 0.6) is 5.75 Å². The highest BCUT2D eigenvalue weighted by Crippen LogP contribution is 2.27. The Bertz CT molecular complexity index is 1540. The molecular weight excluding hydrogens is 502 g/mol. The Balaban J connectivity index is 1.48. The van der Waals surface area contributed by atoms with E-state index in [1.807, 2.05) is 30.3 Å². The number of hydrogen-bond donors (Lipinski definition) is 2. The highest BCUT2D eigenvalue weighted by molar-refractivity contribution is 7.89. The van der Waals surface area contributed by atoms with E-state index in [2.05, 4.69) is 15.2 Å². The number of nitrogens with zero attached hydrogens (tertiary/aromatic N) is 1. The zero-order valence-corrected chi connectivity index (χ0v) is 20.3. The number of amides is 1. The molecule has 0 unspecified atom stereocenters. The minimum atomic E-state index is -3.90. The van der Waals surface area contributed by atoms with E-state index >= 15 is 0 Å². The summed E-state index contributed by atoms with van der Waals surface area (Å²) in [4.78, 5) is 24.8. The van der Waals surface area contributed by atoms with Crippen LogP contribution in [0.25, 0.3) is 10.8 Å². The lowest BCUT2D eigenvalue weighted by Crippen LogP contribution is -2.34. The van der Waals surface area contributed by atoms with Crippen molar-refractivity contribution in [2.45, 2.75) is 4.90 Å². The van der Waals surface area contributed by atoms with Crippen LogP contribution in [0.1, 0.15) is 15.9 Å². The maximum atomic E-state index is 12.6. The van der Waals surface area contributed by atoms with Gasteiger partial charge in [0.15, 0.2) is 0 Å². The van der Waals surface area contributed by atoms with E-state index in [1.165, 1.54) is 30.5 Å². The summed E-state index contributed by atoms with van der Waals surface area (Å²) < 4.78 is 32.5. The molecule has 0 aliphatic rings. The van der Waals surface area contributed by atoms with E-state index < -0.39 is 28.4 Å². The lowest BCUT2D eigenvalue weighted by atomic mass is 10.0. The second-order valence-corrected chi connectivity index (χ2v) is 9.73. The zero-order valence-electron chi connectivity index (χ0n) is 18.7. The summed E-state index contributed by atoms with van der Waals surface area (Å²) in [5, 5.41) is 5.96. The van der Waals surface area contributed by atoms with Gasteiger partial charge in [-0.2, -0.15) is 5.10 Å². The first-order valence-electron chi connectivity index (χ1n) is 10.7. The average molecular weight is 522 g/mol. The zero-order chi connectivity index (χ0) is 25.5. The van der Waals surface area contributed by atoms with E-state index in [0.717, 1.165) is 10.8 Å². The smallest absolute Gasteiger partial charge is 0.343 e. The SMILES string of the molecule is O=C(CNS(=O)(=O)c1ccc(Cl)cc1)NN=Cc1c(OC(=O)c2ccccc2)ccc2ccccc12. The number of hydrogen-bond acceptors (Lipinski definition) is 6. The van der Waals surface area contributed by atoms with Crippen LogP contribution in [0.15, 0.2) is 101 Å². The van der Waals surface area contributed by atoms with E-state index in [1.54, 1.807) is 36.4 Å². The topological polar surface area (TPSA) is 114 Å². The number of halogens is 1. The molecule has 0 aliphatic heterocycles. The molecule has 0 saturated carbocycles. The minimum absolute atomic E-state index is 0.0242.